The summed E-state index contributed by atoms with van der Waals surface area (Å²) in [6.07, 6.45) is 0.947. The molecular formula is C13H16F2N2O2S. The van der Waals surface area contributed by atoms with E-state index >= 15 is 0 Å². The second-order valence-electron chi connectivity index (χ2n) is 4.11. The number of benzene rings is 1. The topological polar surface area (TPSA) is 42.9 Å². The maximum atomic E-state index is 12.3. The molecular weight excluding hydrogens is 286 g/mol. The van der Waals surface area contributed by atoms with Gasteiger partial charge >= 0.3 is 6.61 Å². The summed E-state index contributed by atoms with van der Waals surface area (Å²) < 4.78 is 34.1. The van der Waals surface area contributed by atoms with Crippen molar-refractivity contribution >= 4 is 17.5 Å². The van der Waals surface area contributed by atoms with Crippen molar-refractivity contribution in [1.29, 1.82) is 0 Å². The Morgan fingerprint density at radius 3 is 2.90 bits per heavy atom. The molecule has 1 aromatic carbocycles. The minimum Gasteiger partial charge on any atom is -0.493 e. The van der Waals surface area contributed by atoms with Crippen molar-refractivity contribution in [3.63, 3.8) is 0 Å². The molecule has 0 radical (unpaired) electrons. The number of rotatable bonds is 5. The fourth-order valence-corrected chi connectivity index (χ4v) is 2.91. The molecule has 1 heterocycles. The molecule has 0 aromatic heterocycles. The van der Waals surface area contributed by atoms with Gasteiger partial charge in [0.2, 0.25) is 0 Å². The van der Waals surface area contributed by atoms with Crippen molar-refractivity contribution in [1.82, 2.24) is 5.43 Å². The van der Waals surface area contributed by atoms with Crippen LogP contribution in [0, 0.1) is 0 Å². The number of nitrogens with one attached hydrogen (secondary N) is 1. The molecule has 7 heteroatoms. The number of halogens is 2. The lowest BCUT2D eigenvalue weighted by atomic mass is 10.0. The zero-order chi connectivity index (χ0) is 14.5. The molecule has 1 N–H and O–H groups in total. The van der Waals surface area contributed by atoms with Crippen molar-refractivity contribution in [3.05, 3.63) is 23.8 Å². The van der Waals surface area contributed by atoms with Crippen molar-refractivity contribution in [2.24, 2.45) is 5.10 Å². The number of methoxy groups -OCH3 is 1. The van der Waals surface area contributed by atoms with Gasteiger partial charge in [-0.05, 0) is 24.6 Å². The van der Waals surface area contributed by atoms with Gasteiger partial charge in [-0.2, -0.15) is 13.9 Å². The highest BCUT2D eigenvalue weighted by molar-refractivity contribution is 8.00. The lowest BCUT2D eigenvalue weighted by molar-refractivity contribution is -0.0512. The van der Waals surface area contributed by atoms with E-state index < -0.39 is 6.61 Å². The fourth-order valence-electron chi connectivity index (χ4n) is 1.99. The zero-order valence-corrected chi connectivity index (χ0v) is 12.0. The molecule has 4 nitrogen and oxygen atoms in total. The number of ether oxygens (including phenoxy) is 2. The Labute approximate surface area is 120 Å². The Kier molecular flexibility index (Phi) is 5.05. The minimum atomic E-state index is -2.87. The molecule has 20 heavy (non-hydrogen) atoms. The summed E-state index contributed by atoms with van der Waals surface area (Å²) >= 11 is 1.76. The van der Waals surface area contributed by atoms with Gasteiger partial charge in [0, 0.05) is 5.56 Å². The molecule has 1 atom stereocenters. The van der Waals surface area contributed by atoms with Crippen LogP contribution in [-0.2, 0) is 0 Å². The molecule has 110 valence electrons. The van der Waals surface area contributed by atoms with E-state index in [1.165, 1.54) is 13.2 Å². The monoisotopic (exact) mass is 302 g/mol. The van der Waals surface area contributed by atoms with E-state index in [1.807, 2.05) is 0 Å². The lowest BCUT2D eigenvalue weighted by Crippen LogP contribution is -2.28. The van der Waals surface area contributed by atoms with Gasteiger partial charge in [0.1, 0.15) is 0 Å². The Morgan fingerprint density at radius 1 is 1.45 bits per heavy atom. The van der Waals surface area contributed by atoms with E-state index in [0.717, 1.165) is 23.6 Å². The molecule has 2 rings (SSSR count). The number of alkyl halides is 2. The fraction of sp³-hybridized carbons (Fsp3) is 0.462. The van der Waals surface area contributed by atoms with Crippen LogP contribution in [0.2, 0.25) is 0 Å². The van der Waals surface area contributed by atoms with Crippen molar-refractivity contribution in [2.45, 2.75) is 25.2 Å². The summed E-state index contributed by atoms with van der Waals surface area (Å²) in [5.74, 6) is 1.07. The number of hydrogen-bond donors (Lipinski definition) is 1. The average Bonchev–Trinajstić information content (AvgIpc) is 2.47. The van der Waals surface area contributed by atoms with Crippen LogP contribution >= 0.6 is 11.8 Å². The Bertz CT molecular complexity index is 497. The second kappa shape index (κ2) is 6.78. The molecule has 1 aliphatic heterocycles. The van der Waals surface area contributed by atoms with Gasteiger partial charge in [-0.25, -0.2) is 0 Å². The minimum absolute atomic E-state index is 0.0244. The maximum Gasteiger partial charge on any atom is 0.387 e. The Hall–Kier alpha value is -1.50. The molecule has 0 amide bonds. The summed E-state index contributed by atoms with van der Waals surface area (Å²) in [6, 6.07) is 4.87. The highest BCUT2D eigenvalue weighted by Gasteiger charge is 2.21. The molecule has 0 saturated carbocycles. The van der Waals surface area contributed by atoms with Crippen LogP contribution < -0.4 is 14.9 Å². The summed E-state index contributed by atoms with van der Waals surface area (Å²) in [5, 5.41) is 4.60. The second-order valence-corrected chi connectivity index (χ2v) is 5.30. The molecule has 0 saturated heterocycles. The van der Waals surface area contributed by atoms with Crippen LogP contribution in [0.4, 0.5) is 8.78 Å². The smallest absolute Gasteiger partial charge is 0.387 e. The number of hydrazone groups is 1. The summed E-state index contributed by atoms with van der Waals surface area (Å²) in [5.41, 5.74) is 4.68. The van der Waals surface area contributed by atoms with Gasteiger partial charge in [0.25, 0.3) is 0 Å². The third kappa shape index (κ3) is 3.33. The van der Waals surface area contributed by atoms with E-state index in [2.05, 4.69) is 22.2 Å². The van der Waals surface area contributed by atoms with Crippen LogP contribution in [0.15, 0.2) is 23.3 Å². The van der Waals surface area contributed by atoms with Crippen LogP contribution in [-0.4, -0.2) is 30.6 Å². The molecule has 0 bridgehead atoms. The summed E-state index contributed by atoms with van der Waals surface area (Å²) in [6.45, 7) is -0.785. The lowest BCUT2D eigenvalue weighted by Gasteiger charge is -2.22. The maximum absolute atomic E-state index is 12.3. The van der Waals surface area contributed by atoms with Gasteiger partial charge < -0.3 is 9.47 Å². The molecule has 0 spiro atoms. The number of hydrogen-bond acceptors (Lipinski definition) is 5. The molecule has 0 fully saturated rings. The molecule has 0 aliphatic carbocycles. The zero-order valence-electron chi connectivity index (χ0n) is 11.2. The number of thioether (sulfide) groups is 1. The normalized spacial score (nSPS) is 18.4. The number of nitrogens with zero attached hydrogens (tertiary/aromatic N) is 1. The van der Waals surface area contributed by atoms with Gasteiger partial charge in [-0.3, -0.25) is 5.43 Å². The third-order valence-corrected chi connectivity index (χ3v) is 4.15. The van der Waals surface area contributed by atoms with E-state index in [0.29, 0.717) is 0 Å². The van der Waals surface area contributed by atoms with Crippen LogP contribution in [0.3, 0.4) is 0 Å². The first-order valence-electron chi connectivity index (χ1n) is 6.21. The summed E-state index contributed by atoms with van der Waals surface area (Å²) in [4.78, 5) is 0. The first-order valence-corrected chi connectivity index (χ1v) is 7.25. The van der Waals surface area contributed by atoms with Crippen LogP contribution in [0.5, 0.6) is 11.5 Å². The molecule has 1 aromatic rings. The van der Waals surface area contributed by atoms with Crippen molar-refractivity contribution in [2.75, 3.05) is 13.0 Å². The van der Waals surface area contributed by atoms with E-state index in [4.69, 9.17) is 4.74 Å². The Balaban J connectivity index is 2.31. The SMILES string of the molecule is CCC1SCNN=C1c1ccc(OC(F)F)c(OC)c1. The van der Waals surface area contributed by atoms with Gasteiger partial charge in [0.15, 0.2) is 11.5 Å². The predicted molar refractivity (Wildman–Crippen MR) is 75.8 cm³/mol. The predicted octanol–water partition coefficient (Wildman–Crippen LogP) is 3.07. The van der Waals surface area contributed by atoms with E-state index in [9.17, 15) is 8.78 Å². The first-order chi connectivity index (χ1) is 9.65. The van der Waals surface area contributed by atoms with Crippen LogP contribution in [0.25, 0.3) is 0 Å². The Morgan fingerprint density at radius 2 is 2.25 bits per heavy atom. The third-order valence-electron chi connectivity index (χ3n) is 2.90. The summed E-state index contributed by atoms with van der Waals surface area (Å²) in [7, 11) is 1.42. The largest absolute Gasteiger partial charge is 0.493 e. The first kappa shape index (κ1) is 14.9. The average molecular weight is 302 g/mol. The van der Waals surface area contributed by atoms with E-state index in [-0.39, 0.29) is 16.7 Å². The van der Waals surface area contributed by atoms with Gasteiger partial charge in [0.05, 0.1) is 23.9 Å². The standard InChI is InChI=1S/C13H16F2N2O2S/c1-3-11-12(17-16-7-20-11)8-4-5-9(19-13(14)15)10(6-8)18-2/h4-6,11,13,16H,3,7H2,1-2H3. The van der Waals surface area contributed by atoms with E-state index in [1.54, 1.807) is 23.9 Å². The van der Waals surface area contributed by atoms with Gasteiger partial charge in [-0.15, -0.1) is 11.8 Å². The van der Waals surface area contributed by atoms with Crippen molar-refractivity contribution in [3.8, 4) is 11.5 Å². The van der Waals surface area contributed by atoms with Crippen LogP contribution in [0.1, 0.15) is 18.9 Å². The highest BCUT2D eigenvalue weighted by Crippen LogP contribution is 2.32. The quantitative estimate of drug-likeness (QED) is 0.908. The van der Waals surface area contributed by atoms with Crippen molar-refractivity contribution < 1.29 is 18.3 Å². The van der Waals surface area contributed by atoms with Gasteiger partial charge in [-0.1, -0.05) is 6.92 Å². The molecule has 1 unspecified atom stereocenters. The molecule has 1 aliphatic rings. The highest BCUT2D eigenvalue weighted by atomic mass is 32.2.